The van der Waals surface area contributed by atoms with Crippen molar-refractivity contribution in [3.05, 3.63) is 54.2 Å². The molecule has 26 heavy (non-hydrogen) atoms. The van der Waals surface area contributed by atoms with E-state index >= 15 is 0 Å². The second-order valence-electron chi connectivity index (χ2n) is 6.56. The zero-order chi connectivity index (χ0) is 18.1. The van der Waals surface area contributed by atoms with E-state index in [4.69, 9.17) is 9.72 Å². The number of rotatable bonds is 5. The maximum Gasteiger partial charge on any atom is 0.157 e. The molecule has 2 N–H and O–H groups in total. The molecule has 0 amide bonds. The second kappa shape index (κ2) is 6.65. The number of fused-ring (bicyclic) bond motifs is 3. The first kappa shape index (κ1) is 16.4. The second-order valence-corrected chi connectivity index (χ2v) is 6.56. The Labute approximate surface area is 151 Å². The molecule has 0 saturated heterocycles. The molecule has 0 aliphatic rings. The number of H-pyrrole nitrogens is 1. The zero-order valence-corrected chi connectivity index (χ0v) is 15.1. The van der Waals surface area contributed by atoms with Gasteiger partial charge in [-0.05, 0) is 43.9 Å². The van der Waals surface area contributed by atoms with Gasteiger partial charge in [0.2, 0.25) is 0 Å². The Morgan fingerprint density at radius 2 is 1.88 bits per heavy atom. The molecule has 6 nitrogen and oxygen atoms in total. The highest BCUT2D eigenvalue weighted by Gasteiger charge is 2.11. The average Bonchev–Trinajstić information content (AvgIpc) is 3.13. The van der Waals surface area contributed by atoms with Gasteiger partial charge in [-0.1, -0.05) is 12.1 Å². The fourth-order valence-corrected chi connectivity index (χ4v) is 3.09. The van der Waals surface area contributed by atoms with Crippen LogP contribution in [0.4, 0.5) is 11.5 Å². The molecular weight excluding hydrogens is 326 g/mol. The van der Waals surface area contributed by atoms with Crippen LogP contribution in [-0.4, -0.2) is 41.3 Å². The molecule has 0 unspecified atom stereocenters. The highest BCUT2D eigenvalue weighted by molar-refractivity contribution is 6.08. The summed E-state index contributed by atoms with van der Waals surface area (Å²) in [5.74, 6) is 1.53. The third-order valence-corrected chi connectivity index (χ3v) is 4.32. The minimum Gasteiger partial charge on any atom is -0.497 e. The van der Waals surface area contributed by atoms with Crippen LogP contribution in [0.1, 0.15) is 5.56 Å². The van der Waals surface area contributed by atoms with Gasteiger partial charge in [-0.25, -0.2) is 4.98 Å². The van der Waals surface area contributed by atoms with Gasteiger partial charge in [0, 0.05) is 29.1 Å². The topological polar surface area (TPSA) is 66.1 Å². The van der Waals surface area contributed by atoms with E-state index < -0.39 is 0 Å². The summed E-state index contributed by atoms with van der Waals surface area (Å²) >= 11 is 0. The van der Waals surface area contributed by atoms with Crippen LogP contribution in [0.5, 0.6) is 5.75 Å². The Morgan fingerprint density at radius 1 is 1.08 bits per heavy atom. The molecule has 4 aromatic rings. The number of aromatic nitrogens is 3. The fourth-order valence-electron chi connectivity index (χ4n) is 3.09. The van der Waals surface area contributed by atoms with Crippen molar-refractivity contribution in [1.82, 2.24) is 20.1 Å². The molecule has 0 aliphatic carbocycles. The van der Waals surface area contributed by atoms with Gasteiger partial charge in [-0.15, -0.1) is 0 Å². The van der Waals surface area contributed by atoms with Crippen LogP contribution >= 0.6 is 0 Å². The minimum atomic E-state index is 0.749. The average molecular weight is 347 g/mol. The summed E-state index contributed by atoms with van der Waals surface area (Å²) in [6, 6.07) is 14.3. The summed E-state index contributed by atoms with van der Waals surface area (Å²) in [7, 11) is 5.79. The van der Waals surface area contributed by atoms with Crippen molar-refractivity contribution in [2.75, 3.05) is 26.5 Å². The first-order valence-corrected chi connectivity index (χ1v) is 8.45. The van der Waals surface area contributed by atoms with Crippen molar-refractivity contribution in [3.63, 3.8) is 0 Å². The number of benzene rings is 2. The van der Waals surface area contributed by atoms with Crippen LogP contribution in [0, 0.1) is 0 Å². The molecule has 0 bridgehead atoms. The van der Waals surface area contributed by atoms with Crippen molar-refractivity contribution in [3.8, 4) is 5.75 Å². The Kier molecular flexibility index (Phi) is 4.18. The van der Waals surface area contributed by atoms with Gasteiger partial charge in [-0.3, -0.25) is 5.10 Å². The molecule has 0 spiro atoms. The van der Waals surface area contributed by atoms with E-state index in [1.54, 1.807) is 7.11 Å². The fraction of sp³-hybridized carbons (Fsp3) is 0.200. The number of aromatic amines is 1. The third-order valence-electron chi connectivity index (χ3n) is 4.32. The lowest BCUT2D eigenvalue weighted by Crippen LogP contribution is -2.10. The number of ether oxygens (including phenoxy) is 1. The largest absolute Gasteiger partial charge is 0.497 e. The Morgan fingerprint density at radius 3 is 2.62 bits per heavy atom. The van der Waals surface area contributed by atoms with Gasteiger partial charge in [-0.2, -0.15) is 5.10 Å². The maximum atomic E-state index is 5.33. The first-order valence-electron chi connectivity index (χ1n) is 8.45. The standard InChI is InChI=1S/C20H21N5O/c1-25(2)12-13-4-6-14(7-5-13)22-20-19-17(11-21-24-19)16-9-8-15(26-3)10-18(16)23-20/h4-11H,12H2,1-3H3,(H,21,24)(H,22,23). The Hall–Kier alpha value is -3.12. The lowest BCUT2D eigenvalue weighted by molar-refractivity contribution is 0.402. The van der Waals surface area contributed by atoms with E-state index in [1.165, 1.54) is 5.56 Å². The summed E-state index contributed by atoms with van der Waals surface area (Å²) in [5, 5.41) is 12.7. The molecule has 2 aromatic heterocycles. The summed E-state index contributed by atoms with van der Waals surface area (Å²) in [6.45, 7) is 0.916. The van der Waals surface area contributed by atoms with Crippen molar-refractivity contribution < 1.29 is 4.74 Å². The lowest BCUT2D eigenvalue weighted by Gasteiger charge is -2.12. The summed E-state index contributed by atoms with van der Waals surface area (Å²) < 4.78 is 5.33. The molecular formula is C20H21N5O. The van der Waals surface area contributed by atoms with Crippen LogP contribution in [0.25, 0.3) is 21.8 Å². The van der Waals surface area contributed by atoms with Crippen LogP contribution in [0.2, 0.25) is 0 Å². The highest BCUT2D eigenvalue weighted by Crippen LogP contribution is 2.31. The van der Waals surface area contributed by atoms with E-state index in [9.17, 15) is 0 Å². The highest BCUT2D eigenvalue weighted by atomic mass is 16.5. The molecule has 2 heterocycles. The summed E-state index contributed by atoms with van der Waals surface area (Å²) in [6.07, 6.45) is 1.83. The van der Waals surface area contributed by atoms with Gasteiger partial charge in [0.1, 0.15) is 11.3 Å². The number of anilines is 2. The van der Waals surface area contributed by atoms with Gasteiger partial charge >= 0.3 is 0 Å². The lowest BCUT2D eigenvalue weighted by atomic mass is 10.1. The van der Waals surface area contributed by atoms with E-state index in [2.05, 4.69) is 58.8 Å². The van der Waals surface area contributed by atoms with E-state index in [0.717, 1.165) is 45.6 Å². The molecule has 0 aliphatic heterocycles. The van der Waals surface area contributed by atoms with E-state index in [1.807, 2.05) is 24.4 Å². The number of nitrogens with one attached hydrogen (secondary N) is 2. The van der Waals surface area contributed by atoms with Crippen molar-refractivity contribution in [1.29, 1.82) is 0 Å². The number of methoxy groups -OCH3 is 1. The van der Waals surface area contributed by atoms with Crippen molar-refractivity contribution in [2.24, 2.45) is 0 Å². The predicted molar refractivity (Wildman–Crippen MR) is 105 cm³/mol. The quantitative estimate of drug-likeness (QED) is 0.573. The van der Waals surface area contributed by atoms with Crippen molar-refractivity contribution >= 4 is 33.3 Å². The molecule has 4 rings (SSSR count). The number of hydrogen-bond donors (Lipinski definition) is 2. The van der Waals surface area contributed by atoms with Crippen LogP contribution in [0.3, 0.4) is 0 Å². The Balaban J connectivity index is 1.73. The van der Waals surface area contributed by atoms with Gasteiger partial charge in [0.05, 0.1) is 18.8 Å². The minimum absolute atomic E-state index is 0.749. The van der Waals surface area contributed by atoms with Gasteiger partial charge in [0.15, 0.2) is 5.82 Å². The molecule has 0 atom stereocenters. The van der Waals surface area contributed by atoms with Crippen LogP contribution in [0.15, 0.2) is 48.7 Å². The molecule has 0 fully saturated rings. The van der Waals surface area contributed by atoms with Crippen LogP contribution < -0.4 is 10.1 Å². The normalized spacial score (nSPS) is 11.4. The smallest absolute Gasteiger partial charge is 0.157 e. The van der Waals surface area contributed by atoms with Gasteiger partial charge < -0.3 is 15.0 Å². The van der Waals surface area contributed by atoms with Crippen LogP contribution in [-0.2, 0) is 6.54 Å². The number of pyridine rings is 1. The zero-order valence-electron chi connectivity index (χ0n) is 15.1. The van der Waals surface area contributed by atoms with E-state index in [-0.39, 0.29) is 0 Å². The monoisotopic (exact) mass is 347 g/mol. The van der Waals surface area contributed by atoms with Gasteiger partial charge in [0.25, 0.3) is 0 Å². The molecule has 132 valence electrons. The Bertz CT molecular complexity index is 1050. The molecule has 0 radical (unpaired) electrons. The van der Waals surface area contributed by atoms with E-state index in [0.29, 0.717) is 0 Å². The summed E-state index contributed by atoms with van der Waals surface area (Å²) in [4.78, 5) is 6.93. The molecule has 6 heteroatoms. The first-order chi connectivity index (χ1) is 12.6. The third kappa shape index (κ3) is 3.07. The molecule has 0 saturated carbocycles. The van der Waals surface area contributed by atoms with Crippen molar-refractivity contribution in [2.45, 2.75) is 6.54 Å². The SMILES string of the molecule is COc1ccc2c(c1)nc(Nc1ccc(CN(C)C)cc1)c1[nH]ncc12. The number of nitrogens with zero attached hydrogens (tertiary/aromatic N) is 3. The number of hydrogen-bond acceptors (Lipinski definition) is 5. The predicted octanol–water partition coefficient (Wildman–Crippen LogP) is 3.92. The maximum absolute atomic E-state index is 5.33. The molecule has 2 aromatic carbocycles. The summed E-state index contributed by atoms with van der Waals surface area (Å²) in [5.41, 5.74) is 4.01.